The standard InChI is InChI=1S/C17H20N2O2S/c20-15-8-13(9-15)16(10-14-3-1-2-5-18-14)19-17(21)7-12-4-6-22-11-12/h1-6,11,13,15-16,20H,7-10H2,(H,19,21)/t13?,15?,16-/m0/s1. The highest BCUT2D eigenvalue weighted by Gasteiger charge is 2.34. The molecule has 0 saturated heterocycles. The summed E-state index contributed by atoms with van der Waals surface area (Å²) in [7, 11) is 0. The topological polar surface area (TPSA) is 62.2 Å². The summed E-state index contributed by atoms with van der Waals surface area (Å²) in [6, 6.07) is 7.85. The van der Waals surface area contributed by atoms with E-state index in [0.29, 0.717) is 18.8 Å². The van der Waals surface area contributed by atoms with Gasteiger partial charge in [0.05, 0.1) is 12.5 Å². The third-order valence-electron chi connectivity index (χ3n) is 4.17. The molecule has 22 heavy (non-hydrogen) atoms. The summed E-state index contributed by atoms with van der Waals surface area (Å²) >= 11 is 1.60. The van der Waals surface area contributed by atoms with Crippen molar-refractivity contribution in [2.45, 2.75) is 37.8 Å². The van der Waals surface area contributed by atoms with E-state index in [1.54, 1.807) is 17.5 Å². The Kier molecular flexibility index (Phi) is 4.85. The molecule has 1 aliphatic rings. The van der Waals surface area contributed by atoms with E-state index in [-0.39, 0.29) is 18.1 Å². The van der Waals surface area contributed by atoms with Crippen LogP contribution in [0.4, 0.5) is 0 Å². The molecule has 0 aliphatic heterocycles. The molecule has 2 aromatic rings. The molecular formula is C17H20N2O2S. The number of nitrogens with one attached hydrogen (secondary N) is 1. The molecule has 0 radical (unpaired) electrons. The molecule has 0 spiro atoms. The maximum Gasteiger partial charge on any atom is 0.224 e. The van der Waals surface area contributed by atoms with Crippen LogP contribution in [0.2, 0.25) is 0 Å². The van der Waals surface area contributed by atoms with Crippen LogP contribution in [0.25, 0.3) is 0 Å². The lowest BCUT2D eigenvalue weighted by Gasteiger charge is -2.38. The van der Waals surface area contributed by atoms with E-state index in [1.165, 1.54) is 0 Å². The number of nitrogens with zero attached hydrogens (tertiary/aromatic N) is 1. The lowest BCUT2D eigenvalue weighted by molar-refractivity contribution is -0.122. The van der Waals surface area contributed by atoms with Gasteiger partial charge in [0.15, 0.2) is 0 Å². The summed E-state index contributed by atoms with van der Waals surface area (Å²) in [5, 5.41) is 16.7. The Labute approximate surface area is 134 Å². The first-order chi connectivity index (χ1) is 10.7. The molecular weight excluding hydrogens is 296 g/mol. The number of thiophene rings is 1. The highest BCUT2D eigenvalue weighted by molar-refractivity contribution is 7.07. The Hall–Kier alpha value is -1.72. The van der Waals surface area contributed by atoms with E-state index in [2.05, 4.69) is 10.3 Å². The fourth-order valence-corrected chi connectivity index (χ4v) is 3.54. The van der Waals surface area contributed by atoms with Crippen molar-refractivity contribution in [2.75, 3.05) is 0 Å². The second kappa shape index (κ2) is 7.03. The van der Waals surface area contributed by atoms with E-state index in [9.17, 15) is 9.90 Å². The molecule has 116 valence electrons. The molecule has 3 rings (SSSR count). The first kappa shape index (κ1) is 15.2. The van der Waals surface area contributed by atoms with Gasteiger partial charge in [-0.25, -0.2) is 0 Å². The smallest absolute Gasteiger partial charge is 0.224 e. The zero-order chi connectivity index (χ0) is 15.4. The minimum absolute atomic E-state index is 0.0423. The molecule has 0 bridgehead atoms. The zero-order valence-corrected chi connectivity index (χ0v) is 13.1. The Balaban J connectivity index is 1.62. The molecule has 2 aromatic heterocycles. The Bertz CT molecular complexity index is 594. The van der Waals surface area contributed by atoms with E-state index < -0.39 is 0 Å². The summed E-state index contributed by atoms with van der Waals surface area (Å²) in [6.45, 7) is 0. The first-order valence-electron chi connectivity index (χ1n) is 7.59. The zero-order valence-electron chi connectivity index (χ0n) is 12.3. The maximum absolute atomic E-state index is 12.2. The normalized spacial score (nSPS) is 21.9. The fraction of sp³-hybridized carbons (Fsp3) is 0.412. The highest BCUT2D eigenvalue weighted by Crippen LogP contribution is 2.31. The summed E-state index contributed by atoms with van der Waals surface area (Å²) in [6.07, 6.45) is 4.21. The van der Waals surface area contributed by atoms with Crippen LogP contribution in [0.5, 0.6) is 0 Å². The third kappa shape index (κ3) is 3.93. The van der Waals surface area contributed by atoms with Crippen molar-refractivity contribution in [3.8, 4) is 0 Å². The molecule has 2 N–H and O–H groups in total. The Morgan fingerprint density at radius 1 is 1.41 bits per heavy atom. The number of hydrogen-bond acceptors (Lipinski definition) is 4. The number of hydrogen-bond donors (Lipinski definition) is 2. The quantitative estimate of drug-likeness (QED) is 0.859. The molecule has 1 amide bonds. The lowest BCUT2D eigenvalue weighted by atomic mass is 9.76. The second-order valence-electron chi connectivity index (χ2n) is 5.89. The van der Waals surface area contributed by atoms with Crippen LogP contribution in [0, 0.1) is 5.92 Å². The number of aromatic nitrogens is 1. The second-order valence-corrected chi connectivity index (χ2v) is 6.67. The van der Waals surface area contributed by atoms with Crippen molar-refractivity contribution in [3.63, 3.8) is 0 Å². The molecule has 5 heteroatoms. The van der Waals surface area contributed by atoms with Crippen LogP contribution in [-0.4, -0.2) is 28.1 Å². The predicted molar refractivity (Wildman–Crippen MR) is 86.6 cm³/mol. The predicted octanol–water partition coefficient (Wildman–Crippen LogP) is 2.18. The van der Waals surface area contributed by atoms with Gasteiger partial charge in [0.1, 0.15) is 0 Å². The molecule has 0 unspecified atom stereocenters. The van der Waals surface area contributed by atoms with Crippen molar-refractivity contribution >= 4 is 17.2 Å². The molecule has 2 heterocycles. The van der Waals surface area contributed by atoms with Crippen molar-refractivity contribution in [3.05, 3.63) is 52.5 Å². The summed E-state index contributed by atoms with van der Waals surface area (Å²) < 4.78 is 0. The van der Waals surface area contributed by atoms with E-state index >= 15 is 0 Å². The van der Waals surface area contributed by atoms with Gasteiger partial charge in [0.25, 0.3) is 0 Å². The fourth-order valence-electron chi connectivity index (χ4n) is 2.87. The van der Waals surface area contributed by atoms with Gasteiger partial charge < -0.3 is 10.4 Å². The van der Waals surface area contributed by atoms with E-state index in [1.807, 2.05) is 35.0 Å². The van der Waals surface area contributed by atoms with Crippen LogP contribution in [0.15, 0.2) is 41.2 Å². The van der Waals surface area contributed by atoms with Gasteiger partial charge in [-0.1, -0.05) is 6.07 Å². The van der Waals surface area contributed by atoms with Crippen molar-refractivity contribution in [1.29, 1.82) is 0 Å². The Morgan fingerprint density at radius 2 is 2.27 bits per heavy atom. The van der Waals surface area contributed by atoms with E-state index in [4.69, 9.17) is 0 Å². The number of carbonyl (C=O) groups is 1. The summed E-state index contributed by atoms with van der Waals surface area (Å²) in [5.74, 6) is 0.379. The molecule has 1 saturated carbocycles. The molecule has 1 fully saturated rings. The molecule has 1 atom stereocenters. The van der Waals surface area contributed by atoms with Crippen molar-refractivity contribution in [1.82, 2.24) is 10.3 Å². The summed E-state index contributed by atoms with van der Waals surface area (Å²) in [4.78, 5) is 16.6. The SMILES string of the molecule is O=C(Cc1ccsc1)N[C@@H](Cc1ccccn1)C1CC(O)C1. The minimum Gasteiger partial charge on any atom is -0.393 e. The van der Waals surface area contributed by atoms with Crippen LogP contribution in [-0.2, 0) is 17.6 Å². The number of aliphatic hydroxyl groups is 1. The number of amides is 1. The van der Waals surface area contributed by atoms with Gasteiger partial charge in [0.2, 0.25) is 5.91 Å². The Morgan fingerprint density at radius 3 is 2.91 bits per heavy atom. The maximum atomic E-state index is 12.2. The largest absolute Gasteiger partial charge is 0.393 e. The average molecular weight is 316 g/mol. The lowest BCUT2D eigenvalue weighted by Crippen LogP contribution is -2.48. The van der Waals surface area contributed by atoms with Gasteiger partial charge in [0, 0.05) is 24.4 Å². The first-order valence-corrected chi connectivity index (χ1v) is 8.53. The summed E-state index contributed by atoms with van der Waals surface area (Å²) in [5.41, 5.74) is 2.03. The number of pyridine rings is 1. The monoisotopic (exact) mass is 316 g/mol. The van der Waals surface area contributed by atoms with Gasteiger partial charge in [-0.3, -0.25) is 9.78 Å². The number of rotatable bonds is 6. The van der Waals surface area contributed by atoms with Gasteiger partial charge in [-0.2, -0.15) is 11.3 Å². The molecule has 4 nitrogen and oxygen atoms in total. The van der Waals surface area contributed by atoms with Crippen LogP contribution < -0.4 is 5.32 Å². The highest BCUT2D eigenvalue weighted by atomic mass is 32.1. The van der Waals surface area contributed by atoms with Crippen LogP contribution in [0.3, 0.4) is 0 Å². The van der Waals surface area contributed by atoms with Gasteiger partial charge in [-0.05, 0) is 53.3 Å². The number of carbonyl (C=O) groups excluding carboxylic acids is 1. The van der Waals surface area contributed by atoms with Crippen LogP contribution >= 0.6 is 11.3 Å². The minimum atomic E-state index is -0.218. The van der Waals surface area contributed by atoms with Gasteiger partial charge >= 0.3 is 0 Å². The van der Waals surface area contributed by atoms with Gasteiger partial charge in [-0.15, -0.1) is 0 Å². The van der Waals surface area contributed by atoms with Crippen molar-refractivity contribution < 1.29 is 9.90 Å². The average Bonchev–Trinajstić information content (AvgIpc) is 2.97. The van der Waals surface area contributed by atoms with Crippen LogP contribution in [0.1, 0.15) is 24.1 Å². The molecule has 0 aromatic carbocycles. The third-order valence-corrected chi connectivity index (χ3v) is 4.90. The number of aliphatic hydroxyl groups excluding tert-OH is 1. The molecule has 1 aliphatic carbocycles. The van der Waals surface area contributed by atoms with Crippen molar-refractivity contribution in [2.24, 2.45) is 5.92 Å². The van der Waals surface area contributed by atoms with E-state index in [0.717, 1.165) is 24.1 Å².